The van der Waals surface area contributed by atoms with Crippen molar-refractivity contribution < 1.29 is 19.0 Å². The number of carbonyl (C=O) groups is 1. The van der Waals surface area contributed by atoms with E-state index in [1.54, 1.807) is 48.5 Å². The first-order valence-electron chi connectivity index (χ1n) is 6.49. The molecule has 0 aliphatic rings. The molecule has 0 fully saturated rings. The molecule has 0 aromatic heterocycles. The lowest BCUT2D eigenvalue weighted by molar-refractivity contribution is -0.136. The molecule has 2 aromatic carbocycles. The maximum absolute atomic E-state index is 11.7. The summed E-state index contributed by atoms with van der Waals surface area (Å²) in [6, 6.07) is 14.1. The third-order valence-corrected chi connectivity index (χ3v) is 3.07. The van der Waals surface area contributed by atoms with E-state index in [1.807, 2.05) is 6.92 Å². The van der Waals surface area contributed by atoms with Crippen molar-refractivity contribution in [2.24, 2.45) is 0 Å². The molecule has 110 valence electrons. The van der Waals surface area contributed by atoms with Gasteiger partial charge in [0.15, 0.2) is 6.61 Å². The van der Waals surface area contributed by atoms with Gasteiger partial charge >= 0.3 is 5.97 Å². The predicted octanol–water partition coefficient (Wildman–Crippen LogP) is 3.83. The van der Waals surface area contributed by atoms with E-state index < -0.39 is 5.97 Å². The van der Waals surface area contributed by atoms with Gasteiger partial charge in [-0.3, -0.25) is 0 Å². The molecule has 0 aliphatic heterocycles. The molecule has 5 heteroatoms. The number of rotatable bonds is 6. The van der Waals surface area contributed by atoms with Crippen LogP contribution >= 0.6 is 15.9 Å². The van der Waals surface area contributed by atoms with Crippen molar-refractivity contribution in [1.29, 1.82) is 0 Å². The summed E-state index contributed by atoms with van der Waals surface area (Å²) in [6.07, 6.45) is 0. The van der Waals surface area contributed by atoms with Crippen molar-refractivity contribution in [3.05, 3.63) is 53.0 Å². The summed E-state index contributed by atoms with van der Waals surface area (Å²) in [4.78, 5) is 11.7. The minimum atomic E-state index is -0.453. The molecule has 0 amide bonds. The molecule has 0 saturated carbocycles. The molecule has 0 saturated heterocycles. The van der Waals surface area contributed by atoms with E-state index in [1.165, 1.54) is 0 Å². The number of hydrogen-bond acceptors (Lipinski definition) is 4. The largest absolute Gasteiger partial charge is 0.494 e. The summed E-state index contributed by atoms with van der Waals surface area (Å²) in [5.74, 6) is 1.39. The minimum absolute atomic E-state index is 0.149. The SMILES string of the molecule is CCOc1ccc(OCC(=O)Oc2ccc(Br)cc2)cc1. The fourth-order valence-corrected chi connectivity index (χ4v) is 1.87. The zero-order chi connectivity index (χ0) is 15.1. The number of esters is 1. The van der Waals surface area contributed by atoms with Gasteiger partial charge in [0.2, 0.25) is 0 Å². The van der Waals surface area contributed by atoms with E-state index >= 15 is 0 Å². The average Bonchev–Trinajstić information content (AvgIpc) is 2.49. The Bertz CT molecular complexity index is 578. The van der Waals surface area contributed by atoms with Gasteiger partial charge < -0.3 is 14.2 Å². The van der Waals surface area contributed by atoms with Gasteiger partial charge in [0.05, 0.1) is 6.61 Å². The normalized spacial score (nSPS) is 10.0. The van der Waals surface area contributed by atoms with E-state index in [4.69, 9.17) is 14.2 Å². The van der Waals surface area contributed by atoms with E-state index in [-0.39, 0.29) is 6.61 Å². The summed E-state index contributed by atoms with van der Waals surface area (Å²) >= 11 is 3.31. The van der Waals surface area contributed by atoms with Crippen LogP contribution in [0.15, 0.2) is 53.0 Å². The second kappa shape index (κ2) is 7.69. The highest BCUT2D eigenvalue weighted by Gasteiger charge is 2.06. The zero-order valence-electron chi connectivity index (χ0n) is 11.5. The van der Waals surface area contributed by atoms with Crippen LogP contribution in [0.4, 0.5) is 0 Å². The lowest BCUT2D eigenvalue weighted by atomic mass is 10.3. The molecule has 0 aliphatic carbocycles. The topological polar surface area (TPSA) is 44.8 Å². The Hall–Kier alpha value is -2.01. The van der Waals surface area contributed by atoms with Crippen molar-refractivity contribution in [2.45, 2.75) is 6.92 Å². The van der Waals surface area contributed by atoms with Crippen LogP contribution in [0.3, 0.4) is 0 Å². The third kappa shape index (κ3) is 5.11. The first kappa shape index (κ1) is 15.4. The molecule has 21 heavy (non-hydrogen) atoms. The van der Waals surface area contributed by atoms with Gasteiger partial charge in [0, 0.05) is 4.47 Å². The number of hydrogen-bond donors (Lipinski definition) is 0. The van der Waals surface area contributed by atoms with Crippen LogP contribution in [0.25, 0.3) is 0 Å². The molecule has 2 rings (SSSR count). The fourth-order valence-electron chi connectivity index (χ4n) is 1.60. The van der Waals surface area contributed by atoms with E-state index in [2.05, 4.69) is 15.9 Å². The minimum Gasteiger partial charge on any atom is -0.494 e. The van der Waals surface area contributed by atoms with Crippen LogP contribution in [0.2, 0.25) is 0 Å². The number of benzene rings is 2. The first-order chi connectivity index (χ1) is 10.2. The third-order valence-electron chi connectivity index (χ3n) is 2.54. The fraction of sp³-hybridized carbons (Fsp3) is 0.188. The summed E-state index contributed by atoms with van der Waals surface area (Å²) < 4.78 is 16.7. The number of ether oxygens (including phenoxy) is 3. The molecule has 0 radical (unpaired) electrons. The number of carbonyl (C=O) groups excluding carboxylic acids is 1. The summed E-state index contributed by atoms with van der Waals surface area (Å²) in [7, 11) is 0. The molecule has 0 N–H and O–H groups in total. The maximum Gasteiger partial charge on any atom is 0.349 e. The molecule has 4 nitrogen and oxygen atoms in total. The Kier molecular flexibility index (Phi) is 5.63. The van der Waals surface area contributed by atoms with Crippen molar-refractivity contribution in [1.82, 2.24) is 0 Å². The van der Waals surface area contributed by atoms with Crippen LogP contribution in [0.5, 0.6) is 17.2 Å². The van der Waals surface area contributed by atoms with Crippen LogP contribution in [0, 0.1) is 0 Å². The van der Waals surface area contributed by atoms with Gasteiger partial charge in [-0.2, -0.15) is 0 Å². The summed E-state index contributed by atoms with van der Waals surface area (Å²) in [5, 5.41) is 0. The van der Waals surface area contributed by atoms with E-state index in [0.29, 0.717) is 18.1 Å². The zero-order valence-corrected chi connectivity index (χ0v) is 13.1. The van der Waals surface area contributed by atoms with Gasteiger partial charge in [0.25, 0.3) is 0 Å². The Labute approximate surface area is 131 Å². The summed E-state index contributed by atoms with van der Waals surface area (Å²) in [5.41, 5.74) is 0. The molecule has 0 atom stereocenters. The Morgan fingerprint density at radius 2 is 1.43 bits per heavy atom. The van der Waals surface area contributed by atoms with Crippen molar-refractivity contribution in [2.75, 3.05) is 13.2 Å². The molecular formula is C16H15BrO4. The van der Waals surface area contributed by atoms with E-state index in [0.717, 1.165) is 10.2 Å². The van der Waals surface area contributed by atoms with Crippen LogP contribution in [0.1, 0.15) is 6.92 Å². The highest BCUT2D eigenvalue weighted by atomic mass is 79.9. The monoisotopic (exact) mass is 350 g/mol. The van der Waals surface area contributed by atoms with Gasteiger partial charge in [-0.15, -0.1) is 0 Å². The van der Waals surface area contributed by atoms with Crippen LogP contribution in [-0.4, -0.2) is 19.2 Å². The second-order valence-corrected chi connectivity index (χ2v) is 5.04. The highest BCUT2D eigenvalue weighted by Crippen LogP contribution is 2.18. The first-order valence-corrected chi connectivity index (χ1v) is 7.28. The van der Waals surface area contributed by atoms with Crippen molar-refractivity contribution >= 4 is 21.9 Å². The van der Waals surface area contributed by atoms with Gasteiger partial charge in [0.1, 0.15) is 17.2 Å². The van der Waals surface area contributed by atoms with Crippen LogP contribution < -0.4 is 14.2 Å². The van der Waals surface area contributed by atoms with Crippen molar-refractivity contribution in [3.63, 3.8) is 0 Å². The Morgan fingerprint density at radius 1 is 0.905 bits per heavy atom. The van der Waals surface area contributed by atoms with E-state index in [9.17, 15) is 4.79 Å². The van der Waals surface area contributed by atoms with Crippen molar-refractivity contribution in [3.8, 4) is 17.2 Å². The molecule has 2 aromatic rings. The standard InChI is InChI=1S/C16H15BrO4/c1-2-19-13-7-9-14(10-8-13)20-11-16(18)21-15-5-3-12(17)4-6-15/h3-10H,2,11H2,1H3. The molecule has 0 spiro atoms. The lowest BCUT2D eigenvalue weighted by Gasteiger charge is -2.08. The smallest absolute Gasteiger partial charge is 0.349 e. The Balaban J connectivity index is 1.81. The molecule has 0 unspecified atom stereocenters. The van der Waals surface area contributed by atoms with Gasteiger partial charge in [-0.25, -0.2) is 4.79 Å². The van der Waals surface area contributed by atoms with Gasteiger partial charge in [-0.05, 0) is 55.5 Å². The Morgan fingerprint density at radius 3 is 2.00 bits per heavy atom. The number of halogens is 1. The summed E-state index contributed by atoms with van der Waals surface area (Å²) in [6.45, 7) is 2.38. The highest BCUT2D eigenvalue weighted by molar-refractivity contribution is 9.10. The molecular weight excluding hydrogens is 336 g/mol. The maximum atomic E-state index is 11.7. The quantitative estimate of drug-likeness (QED) is 0.586. The lowest BCUT2D eigenvalue weighted by Crippen LogP contribution is -2.17. The second-order valence-electron chi connectivity index (χ2n) is 4.12. The van der Waals surface area contributed by atoms with Gasteiger partial charge in [-0.1, -0.05) is 15.9 Å². The van der Waals surface area contributed by atoms with Crippen LogP contribution in [-0.2, 0) is 4.79 Å². The average molecular weight is 351 g/mol. The molecule has 0 bridgehead atoms. The molecule has 0 heterocycles. The predicted molar refractivity (Wildman–Crippen MR) is 82.9 cm³/mol.